The van der Waals surface area contributed by atoms with E-state index in [1.807, 2.05) is 31.2 Å². The van der Waals surface area contributed by atoms with E-state index < -0.39 is 10.0 Å². The van der Waals surface area contributed by atoms with E-state index in [1.165, 1.54) is 0 Å². The molecular formula is C19H20N2O4S. The van der Waals surface area contributed by atoms with E-state index in [0.29, 0.717) is 18.1 Å². The standard InChI is InChI=1S/C19H20N2O4S/c1-14-18(12-13-20-26(22,23)17-6-4-3-5-7-17)21-19(25-14)15-8-10-16(24-2)11-9-15/h3-11,20H,12-13H2,1-2H3. The first-order valence-electron chi connectivity index (χ1n) is 8.15. The Hall–Kier alpha value is -2.64. The monoisotopic (exact) mass is 372 g/mol. The second-order valence-electron chi connectivity index (χ2n) is 5.71. The molecule has 0 aliphatic heterocycles. The first kappa shape index (κ1) is 18.2. The molecule has 2 aromatic carbocycles. The van der Waals surface area contributed by atoms with Crippen LogP contribution in [-0.2, 0) is 16.4 Å². The van der Waals surface area contributed by atoms with E-state index in [0.717, 1.165) is 17.0 Å². The molecule has 6 nitrogen and oxygen atoms in total. The Morgan fingerprint density at radius 3 is 2.42 bits per heavy atom. The van der Waals surface area contributed by atoms with Crippen LogP contribution in [0.25, 0.3) is 11.5 Å². The van der Waals surface area contributed by atoms with E-state index in [1.54, 1.807) is 37.4 Å². The van der Waals surface area contributed by atoms with Crippen LogP contribution in [0, 0.1) is 6.92 Å². The van der Waals surface area contributed by atoms with E-state index >= 15 is 0 Å². The normalized spacial score (nSPS) is 11.5. The van der Waals surface area contributed by atoms with Crippen molar-refractivity contribution in [2.75, 3.05) is 13.7 Å². The molecule has 0 atom stereocenters. The van der Waals surface area contributed by atoms with Crippen LogP contribution in [0.2, 0.25) is 0 Å². The maximum absolute atomic E-state index is 12.2. The second-order valence-corrected chi connectivity index (χ2v) is 7.48. The Kier molecular flexibility index (Phi) is 5.39. The van der Waals surface area contributed by atoms with Crippen LogP contribution >= 0.6 is 0 Å². The summed E-state index contributed by atoms with van der Waals surface area (Å²) in [5, 5.41) is 0. The van der Waals surface area contributed by atoms with Gasteiger partial charge in [-0.1, -0.05) is 18.2 Å². The Balaban J connectivity index is 1.66. The maximum Gasteiger partial charge on any atom is 0.240 e. The Morgan fingerprint density at radius 2 is 1.77 bits per heavy atom. The highest BCUT2D eigenvalue weighted by Gasteiger charge is 2.15. The first-order valence-corrected chi connectivity index (χ1v) is 9.63. The summed E-state index contributed by atoms with van der Waals surface area (Å²) in [6.45, 7) is 2.06. The van der Waals surface area contributed by atoms with Gasteiger partial charge in [0.1, 0.15) is 11.5 Å². The third-order valence-electron chi connectivity index (χ3n) is 3.94. The van der Waals surface area contributed by atoms with Crippen LogP contribution in [0.15, 0.2) is 63.9 Å². The summed E-state index contributed by atoms with van der Waals surface area (Å²) in [4.78, 5) is 4.73. The zero-order chi connectivity index (χ0) is 18.6. The van der Waals surface area contributed by atoms with Crippen LogP contribution in [0.4, 0.5) is 0 Å². The van der Waals surface area contributed by atoms with Gasteiger partial charge in [0.05, 0.1) is 17.7 Å². The zero-order valence-corrected chi connectivity index (χ0v) is 15.4. The van der Waals surface area contributed by atoms with Gasteiger partial charge in [-0.2, -0.15) is 0 Å². The summed E-state index contributed by atoms with van der Waals surface area (Å²) in [6.07, 6.45) is 0.442. The number of nitrogens with zero attached hydrogens (tertiary/aromatic N) is 1. The molecule has 0 saturated carbocycles. The first-order chi connectivity index (χ1) is 12.5. The number of aromatic nitrogens is 1. The van der Waals surface area contributed by atoms with Crippen molar-refractivity contribution in [3.63, 3.8) is 0 Å². The van der Waals surface area contributed by atoms with Gasteiger partial charge in [-0.3, -0.25) is 0 Å². The number of hydrogen-bond acceptors (Lipinski definition) is 5. The SMILES string of the molecule is COc1ccc(-c2nc(CCNS(=O)(=O)c3ccccc3)c(C)o2)cc1. The molecule has 1 N–H and O–H groups in total. The molecule has 136 valence electrons. The van der Waals surface area contributed by atoms with Gasteiger partial charge >= 0.3 is 0 Å². The summed E-state index contributed by atoms with van der Waals surface area (Å²) < 4.78 is 37.9. The summed E-state index contributed by atoms with van der Waals surface area (Å²) in [5.41, 5.74) is 1.57. The van der Waals surface area contributed by atoms with Gasteiger partial charge in [-0.25, -0.2) is 18.1 Å². The average Bonchev–Trinajstić information content (AvgIpc) is 3.03. The van der Waals surface area contributed by atoms with Crippen molar-refractivity contribution in [3.8, 4) is 17.2 Å². The smallest absolute Gasteiger partial charge is 0.240 e. The fourth-order valence-corrected chi connectivity index (χ4v) is 3.56. The molecule has 3 aromatic rings. The van der Waals surface area contributed by atoms with Gasteiger partial charge in [-0.15, -0.1) is 0 Å². The van der Waals surface area contributed by atoms with Crippen molar-refractivity contribution in [2.45, 2.75) is 18.2 Å². The number of methoxy groups -OCH3 is 1. The van der Waals surface area contributed by atoms with Crippen LogP contribution < -0.4 is 9.46 Å². The van der Waals surface area contributed by atoms with E-state index in [2.05, 4.69) is 9.71 Å². The minimum atomic E-state index is -3.52. The molecule has 7 heteroatoms. The predicted octanol–water partition coefficient (Wildman–Crippen LogP) is 3.18. The fraction of sp³-hybridized carbons (Fsp3) is 0.211. The third-order valence-corrected chi connectivity index (χ3v) is 5.41. The lowest BCUT2D eigenvalue weighted by Gasteiger charge is -2.05. The average molecular weight is 372 g/mol. The molecule has 0 radical (unpaired) electrons. The van der Waals surface area contributed by atoms with Gasteiger partial charge in [0, 0.05) is 18.5 Å². The number of ether oxygens (including phenoxy) is 1. The van der Waals surface area contributed by atoms with Crippen LogP contribution in [0.1, 0.15) is 11.5 Å². The van der Waals surface area contributed by atoms with Crippen molar-refractivity contribution in [1.82, 2.24) is 9.71 Å². The number of hydrogen-bond donors (Lipinski definition) is 1. The summed E-state index contributed by atoms with van der Waals surface area (Å²) in [5.74, 6) is 1.94. The lowest BCUT2D eigenvalue weighted by Crippen LogP contribution is -2.26. The number of benzene rings is 2. The lowest BCUT2D eigenvalue weighted by molar-refractivity contribution is 0.415. The number of sulfonamides is 1. The molecule has 0 spiro atoms. The van der Waals surface area contributed by atoms with Crippen molar-refractivity contribution >= 4 is 10.0 Å². The van der Waals surface area contributed by atoms with Gasteiger partial charge in [0.2, 0.25) is 15.9 Å². The minimum absolute atomic E-state index is 0.243. The summed E-state index contributed by atoms with van der Waals surface area (Å²) in [6, 6.07) is 15.7. The minimum Gasteiger partial charge on any atom is -0.497 e. The van der Waals surface area contributed by atoms with E-state index in [-0.39, 0.29) is 11.4 Å². The Labute approximate surface area is 152 Å². The van der Waals surface area contributed by atoms with Crippen LogP contribution in [-0.4, -0.2) is 27.1 Å². The molecule has 1 heterocycles. The quantitative estimate of drug-likeness (QED) is 0.689. The molecule has 0 aliphatic rings. The molecule has 26 heavy (non-hydrogen) atoms. The molecule has 0 saturated heterocycles. The molecule has 1 aromatic heterocycles. The highest BCUT2D eigenvalue weighted by atomic mass is 32.2. The van der Waals surface area contributed by atoms with Crippen molar-refractivity contribution < 1.29 is 17.6 Å². The number of nitrogens with one attached hydrogen (secondary N) is 1. The summed E-state index contributed by atoms with van der Waals surface area (Å²) in [7, 11) is -1.91. The second kappa shape index (κ2) is 7.72. The molecular weight excluding hydrogens is 352 g/mol. The van der Waals surface area contributed by atoms with Gasteiger partial charge in [0.25, 0.3) is 0 Å². The van der Waals surface area contributed by atoms with E-state index in [4.69, 9.17) is 9.15 Å². The van der Waals surface area contributed by atoms with Crippen molar-refractivity contribution in [3.05, 3.63) is 66.1 Å². The number of aryl methyl sites for hydroxylation is 1. The molecule has 0 fully saturated rings. The molecule has 0 amide bonds. The number of rotatable bonds is 7. The predicted molar refractivity (Wildman–Crippen MR) is 98.6 cm³/mol. The zero-order valence-electron chi connectivity index (χ0n) is 14.6. The highest BCUT2D eigenvalue weighted by molar-refractivity contribution is 7.89. The fourth-order valence-electron chi connectivity index (χ4n) is 2.50. The Bertz CT molecular complexity index is 965. The van der Waals surface area contributed by atoms with Crippen LogP contribution in [0.5, 0.6) is 5.75 Å². The highest BCUT2D eigenvalue weighted by Crippen LogP contribution is 2.24. The Morgan fingerprint density at radius 1 is 1.08 bits per heavy atom. The maximum atomic E-state index is 12.2. The third kappa shape index (κ3) is 4.12. The molecule has 0 unspecified atom stereocenters. The van der Waals surface area contributed by atoms with Crippen molar-refractivity contribution in [2.24, 2.45) is 0 Å². The van der Waals surface area contributed by atoms with Crippen LogP contribution in [0.3, 0.4) is 0 Å². The van der Waals surface area contributed by atoms with Gasteiger partial charge < -0.3 is 9.15 Å². The van der Waals surface area contributed by atoms with E-state index in [9.17, 15) is 8.42 Å². The van der Waals surface area contributed by atoms with Gasteiger partial charge in [-0.05, 0) is 43.3 Å². The molecule has 3 rings (SSSR count). The molecule has 0 bridgehead atoms. The summed E-state index contributed by atoms with van der Waals surface area (Å²) >= 11 is 0. The largest absolute Gasteiger partial charge is 0.497 e. The molecule has 0 aliphatic carbocycles. The van der Waals surface area contributed by atoms with Crippen molar-refractivity contribution in [1.29, 1.82) is 0 Å². The number of oxazole rings is 1. The van der Waals surface area contributed by atoms with Gasteiger partial charge in [0.15, 0.2) is 0 Å². The topological polar surface area (TPSA) is 81.4 Å². The lowest BCUT2D eigenvalue weighted by atomic mass is 10.2.